The van der Waals surface area contributed by atoms with Gasteiger partial charge in [-0.1, -0.05) is 13.8 Å². The molecule has 0 unspecified atom stereocenters. The fourth-order valence-corrected chi connectivity index (χ4v) is 0.250. The van der Waals surface area contributed by atoms with Crippen molar-refractivity contribution in [1.82, 2.24) is 0 Å². The van der Waals surface area contributed by atoms with Gasteiger partial charge in [0.2, 0.25) is 0 Å². The lowest BCUT2D eigenvalue weighted by Crippen LogP contribution is -1.88. The minimum Gasteiger partial charge on any atom is -0.300 e. The number of halogens is 4. The first kappa shape index (κ1) is 34.3. The molecule has 0 aliphatic heterocycles. The quantitative estimate of drug-likeness (QED) is 0.573. The van der Waals surface area contributed by atoms with Crippen LogP contribution in [0.2, 0.25) is 0 Å². The second-order valence-electron chi connectivity index (χ2n) is 1.25. The number of hydrogen-bond acceptors (Lipinski definition) is 1. The predicted molar refractivity (Wildman–Crippen MR) is 35.6 cm³/mol. The predicted octanol–water partition coefficient (Wildman–Crippen LogP) is 1.99. The van der Waals surface area contributed by atoms with Gasteiger partial charge in [-0.25, -0.2) is 0 Å². The van der Waals surface area contributed by atoms with Crippen LogP contribution in [0, 0.1) is 0 Å². The summed E-state index contributed by atoms with van der Waals surface area (Å²) >= 11 is 0. The Morgan fingerprint density at radius 2 is 1.10 bits per heavy atom. The fraction of sp³-hybridized carbons (Fsp3) is 0.800. The Morgan fingerprint density at radius 3 is 1.10 bits per heavy atom. The zero-order chi connectivity index (χ0) is 4.99. The number of hydrogen-bond donors (Lipinski definition) is 0. The van der Waals surface area contributed by atoms with E-state index in [9.17, 15) is 4.79 Å². The highest BCUT2D eigenvalue weighted by atomic mass is 19.0. The van der Waals surface area contributed by atoms with Gasteiger partial charge in [0.15, 0.2) is 0 Å². The standard InChI is InChI=1S/C5H10O.4FH/c1-3-5(6)4-2;;;;/h3-4H2,1-2H3;4*1H. The van der Waals surface area contributed by atoms with Gasteiger partial charge in [0, 0.05) is 12.8 Å². The average Bonchev–Trinajstić information content (AvgIpc) is 1.65. The highest BCUT2D eigenvalue weighted by molar-refractivity contribution is 5.77. The van der Waals surface area contributed by atoms with Crippen molar-refractivity contribution in [2.24, 2.45) is 0 Å². The lowest BCUT2D eigenvalue weighted by Gasteiger charge is -1.81. The molecule has 0 aromatic heterocycles. The summed E-state index contributed by atoms with van der Waals surface area (Å²) in [6.07, 6.45) is 1.38. The molecule has 68 valence electrons. The van der Waals surface area contributed by atoms with Crippen molar-refractivity contribution in [2.45, 2.75) is 26.7 Å². The summed E-state index contributed by atoms with van der Waals surface area (Å²) < 4.78 is 0. The molecule has 0 fully saturated rings. The molecule has 0 saturated carbocycles. The van der Waals surface area contributed by atoms with Crippen LogP contribution < -0.4 is 0 Å². The molecule has 0 spiro atoms. The number of ketones is 1. The van der Waals surface area contributed by atoms with Crippen molar-refractivity contribution >= 4 is 5.78 Å². The molecule has 0 aliphatic rings. The number of carbonyl (C=O) groups is 1. The smallest absolute Gasteiger partial charge is 0.132 e. The first-order valence-electron chi connectivity index (χ1n) is 2.33. The number of carbonyl (C=O) groups excluding carboxylic acids is 1. The molecule has 0 rings (SSSR count). The average molecular weight is 166 g/mol. The summed E-state index contributed by atoms with van der Waals surface area (Å²) in [5, 5.41) is 0. The van der Waals surface area contributed by atoms with Crippen LogP contribution in [0.15, 0.2) is 0 Å². The van der Waals surface area contributed by atoms with Crippen molar-refractivity contribution < 1.29 is 23.6 Å². The maximum atomic E-state index is 10.2. The highest BCUT2D eigenvalue weighted by Gasteiger charge is 1.86. The van der Waals surface area contributed by atoms with E-state index in [0.29, 0.717) is 18.6 Å². The van der Waals surface area contributed by atoms with Crippen LogP contribution in [0.5, 0.6) is 0 Å². The molecule has 0 amide bonds. The van der Waals surface area contributed by atoms with Crippen LogP contribution in [0.3, 0.4) is 0 Å². The third kappa shape index (κ3) is 26.3. The highest BCUT2D eigenvalue weighted by Crippen LogP contribution is 1.82. The van der Waals surface area contributed by atoms with Gasteiger partial charge in [0.05, 0.1) is 0 Å². The summed E-state index contributed by atoms with van der Waals surface area (Å²) in [4.78, 5) is 10.2. The molecule has 0 heterocycles. The molecule has 0 aromatic carbocycles. The van der Waals surface area contributed by atoms with E-state index in [2.05, 4.69) is 0 Å². The normalized spacial score (nSPS) is 5.00. The Labute approximate surface area is 57.3 Å². The lowest BCUT2D eigenvalue weighted by molar-refractivity contribution is -0.118. The molecule has 1 nitrogen and oxygen atoms in total. The van der Waals surface area contributed by atoms with Crippen molar-refractivity contribution in [3.8, 4) is 0 Å². The van der Waals surface area contributed by atoms with Gasteiger partial charge in [0.25, 0.3) is 0 Å². The Balaban J connectivity index is -0.0000000208. The summed E-state index contributed by atoms with van der Waals surface area (Å²) in [6, 6.07) is 0. The Morgan fingerprint density at radius 1 is 0.900 bits per heavy atom. The van der Waals surface area contributed by atoms with Crippen molar-refractivity contribution in [2.75, 3.05) is 0 Å². The Kier molecular flexibility index (Phi) is 81.5. The van der Waals surface area contributed by atoms with E-state index in [-0.39, 0.29) is 18.8 Å². The van der Waals surface area contributed by atoms with Gasteiger partial charge < -0.3 is 0 Å². The second kappa shape index (κ2) is 23.8. The molecular weight excluding hydrogens is 152 g/mol. The van der Waals surface area contributed by atoms with Gasteiger partial charge in [-0.3, -0.25) is 23.6 Å². The molecule has 0 N–H and O–H groups in total. The van der Waals surface area contributed by atoms with E-state index < -0.39 is 0 Å². The van der Waals surface area contributed by atoms with E-state index in [1.807, 2.05) is 13.8 Å². The van der Waals surface area contributed by atoms with Gasteiger partial charge in [-0.2, -0.15) is 0 Å². The second-order valence-corrected chi connectivity index (χ2v) is 1.25. The lowest BCUT2D eigenvalue weighted by atomic mass is 10.3. The Hall–Kier alpha value is -0.610. The molecular formula is C5H14F4O. The molecule has 0 aromatic rings. The third-order valence-corrected chi connectivity index (χ3v) is 0.789. The molecule has 0 atom stereocenters. The summed E-state index contributed by atoms with van der Waals surface area (Å²) in [5.74, 6) is 0.343. The molecule has 0 radical (unpaired) electrons. The first-order valence-corrected chi connectivity index (χ1v) is 2.33. The van der Waals surface area contributed by atoms with Crippen LogP contribution in [0.25, 0.3) is 0 Å². The molecule has 0 bridgehead atoms. The first-order chi connectivity index (χ1) is 2.81. The summed E-state index contributed by atoms with van der Waals surface area (Å²) in [7, 11) is 0. The maximum absolute atomic E-state index is 10.2. The minimum atomic E-state index is 0. The fourth-order valence-electron chi connectivity index (χ4n) is 0.250. The summed E-state index contributed by atoms with van der Waals surface area (Å²) in [6.45, 7) is 3.76. The van der Waals surface area contributed by atoms with Crippen molar-refractivity contribution in [3.63, 3.8) is 0 Å². The van der Waals surface area contributed by atoms with E-state index in [1.165, 1.54) is 0 Å². The van der Waals surface area contributed by atoms with Crippen molar-refractivity contribution in [1.29, 1.82) is 0 Å². The number of Topliss-reactive ketones (excluding diaryl/α,β-unsaturated/α-hetero) is 1. The van der Waals surface area contributed by atoms with Gasteiger partial charge in [-0.05, 0) is 0 Å². The summed E-state index contributed by atoms with van der Waals surface area (Å²) in [5.41, 5.74) is 0. The molecule has 0 aliphatic carbocycles. The molecule has 0 saturated heterocycles. The molecule has 5 heteroatoms. The van der Waals surface area contributed by atoms with E-state index in [4.69, 9.17) is 0 Å². The third-order valence-electron chi connectivity index (χ3n) is 0.789. The van der Waals surface area contributed by atoms with Crippen LogP contribution in [0.4, 0.5) is 18.8 Å². The number of rotatable bonds is 2. The van der Waals surface area contributed by atoms with E-state index in [1.54, 1.807) is 0 Å². The topological polar surface area (TPSA) is 17.1 Å². The minimum absolute atomic E-state index is 0. The zero-order valence-electron chi connectivity index (χ0n) is 5.96. The van der Waals surface area contributed by atoms with Crippen molar-refractivity contribution in [3.05, 3.63) is 0 Å². The zero-order valence-corrected chi connectivity index (χ0v) is 5.96. The van der Waals surface area contributed by atoms with E-state index in [0.717, 1.165) is 0 Å². The van der Waals surface area contributed by atoms with Crippen LogP contribution in [-0.4, -0.2) is 5.78 Å². The van der Waals surface area contributed by atoms with Gasteiger partial charge in [0.1, 0.15) is 5.78 Å². The Bertz CT molecular complexity index is 51.6. The monoisotopic (exact) mass is 166 g/mol. The van der Waals surface area contributed by atoms with Crippen LogP contribution in [-0.2, 0) is 4.79 Å². The van der Waals surface area contributed by atoms with Crippen LogP contribution >= 0.6 is 0 Å². The van der Waals surface area contributed by atoms with Gasteiger partial charge in [-0.15, -0.1) is 0 Å². The maximum Gasteiger partial charge on any atom is 0.132 e. The van der Waals surface area contributed by atoms with Gasteiger partial charge >= 0.3 is 0 Å². The van der Waals surface area contributed by atoms with Crippen LogP contribution in [0.1, 0.15) is 26.7 Å². The SMILES string of the molecule is CCC(=O)CC.F.F.F.F. The largest absolute Gasteiger partial charge is 0.300 e. The molecule has 10 heavy (non-hydrogen) atoms. The van der Waals surface area contributed by atoms with E-state index >= 15 is 0 Å².